The van der Waals surface area contributed by atoms with Gasteiger partial charge in [0.05, 0.1) is 0 Å². The first-order valence-corrected chi connectivity index (χ1v) is 7.45. The van der Waals surface area contributed by atoms with Gasteiger partial charge < -0.3 is 9.15 Å². The number of methoxy groups -OCH3 is 1. The van der Waals surface area contributed by atoms with Crippen molar-refractivity contribution in [1.29, 1.82) is 0 Å². The van der Waals surface area contributed by atoms with Crippen molar-refractivity contribution in [1.82, 2.24) is 0 Å². The largest absolute Gasteiger partial charge is 0.453 e. The fourth-order valence-electron chi connectivity index (χ4n) is 3.23. The second kappa shape index (κ2) is 5.98. The van der Waals surface area contributed by atoms with E-state index in [1.54, 1.807) is 19.2 Å². The molecule has 1 unspecified atom stereocenters. The third kappa shape index (κ3) is 2.86. The van der Waals surface area contributed by atoms with Gasteiger partial charge in [0.25, 0.3) is 0 Å². The summed E-state index contributed by atoms with van der Waals surface area (Å²) in [4.78, 5) is 12.6. The zero-order chi connectivity index (χ0) is 14.8. The molecule has 1 heterocycles. The van der Waals surface area contributed by atoms with Crippen molar-refractivity contribution >= 4 is 16.8 Å². The Morgan fingerprint density at radius 2 is 2.05 bits per heavy atom. The summed E-state index contributed by atoms with van der Waals surface area (Å²) in [7, 11) is 1.57. The van der Waals surface area contributed by atoms with Crippen molar-refractivity contribution in [3.63, 3.8) is 0 Å². The van der Waals surface area contributed by atoms with Crippen LogP contribution in [0.3, 0.4) is 0 Å². The van der Waals surface area contributed by atoms with E-state index in [2.05, 4.69) is 0 Å². The maximum absolute atomic E-state index is 13.2. The van der Waals surface area contributed by atoms with Crippen molar-refractivity contribution in [2.24, 2.45) is 5.92 Å². The minimum atomic E-state index is -0.462. The molecule has 1 aromatic heterocycles. The van der Waals surface area contributed by atoms with Gasteiger partial charge in [-0.25, -0.2) is 4.39 Å². The van der Waals surface area contributed by atoms with Crippen molar-refractivity contribution in [3.8, 4) is 0 Å². The van der Waals surface area contributed by atoms with Crippen LogP contribution in [0.25, 0.3) is 11.0 Å². The SMILES string of the molecule is COC(C(=O)c1cc2cc(F)ccc2o1)C1CCCCC1. The third-order valence-corrected chi connectivity index (χ3v) is 4.31. The summed E-state index contributed by atoms with van der Waals surface area (Å²) in [5.41, 5.74) is 0.526. The molecule has 0 saturated heterocycles. The Kier molecular flexibility index (Phi) is 4.06. The van der Waals surface area contributed by atoms with Crippen LogP contribution in [0.1, 0.15) is 42.7 Å². The van der Waals surface area contributed by atoms with Crippen LogP contribution < -0.4 is 0 Å². The average Bonchev–Trinajstić information content (AvgIpc) is 2.92. The van der Waals surface area contributed by atoms with Crippen molar-refractivity contribution in [2.45, 2.75) is 38.2 Å². The molecule has 21 heavy (non-hydrogen) atoms. The highest BCUT2D eigenvalue weighted by Gasteiger charge is 2.32. The number of carbonyl (C=O) groups is 1. The van der Waals surface area contributed by atoms with Crippen LogP contribution in [0.15, 0.2) is 28.7 Å². The minimum absolute atomic E-state index is 0.138. The number of benzene rings is 1. The van der Waals surface area contributed by atoms with E-state index < -0.39 is 6.10 Å². The van der Waals surface area contributed by atoms with E-state index in [0.717, 1.165) is 25.7 Å². The van der Waals surface area contributed by atoms with Crippen molar-refractivity contribution < 1.29 is 18.3 Å². The highest BCUT2D eigenvalue weighted by Crippen LogP contribution is 2.30. The Morgan fingerprint density at radius 1 is 1.29 bits per heavy atom. The van der Waals surface area contributed by atoms with E-state index in [1.807, 2.05) is 0 Å². The van der Waals surface area contributed by atoms with Gasteiger partial charge in [-0.2, -0.15) is 0 Å². The van der Waals surface area contributed by atoms with E-state index in [-0.39, 0.29) is 23.3 Å². The van der Waals surface area contributed by atoms with Gasteiger partial charge in [0.2, 0.25) is 5.78 Å². The van der Waals surface area contributed by atoms with Crippen LogP contribution in [0, 0.1) is 11.7 Å². The molecular formula is C17H19FO3. The van der Waals surface area contributed by atoms with Crippen LogP contribution in [-0.4, -0.2) is 19.0 Å². The maximum atomic E-state index is 13.2. The van der Waals surface area contributed by atoms with Gasteiger partial charge in [-0.15, -0.1) is 0 Å². The summed E-state index contributed by atoms with van der Waals surface area (Å²) in [6, 6.07) is 5.85. The lowest BCUT2D eigenvalue weighted by Crippen LogP contribution is -2.32. The van der Waals surface area contributed by atoms with E-state index in [1.165, 1.54) is 18.6 Å². The van der Waals surface area contributed by atoms with Crippen LogP contribution in [0.5, 0.6) is 0 Å². The highest BCUT2D eigenvalue weighted by atomic mass is 19.1. The summed E-state index contributed by atoms with van der Waals surface area (Å²) in [6.07, 6.45) is 5.07. The number of rotatable bonds is 4. The smallest absolute Gasteiger partial charge is 0.226 e. The number of halogens is 1. The van der Waals surface area contributed by atoms with Gasteiger partial charge in [-0.05, 0) is 43.0 Å². The Balaban J connectivity index is 1.86. The predicted molar refractivity (Wildman–Crippen MR) is 77.9 cm³/mol. The fourth-order valence-corrected chi connectivity index (χ4v) is 3.23. The van der Waals surface area contributed by atoms with Gasteiger partial charge in [0, 0.05) is 12.5 Å². The molecule has 0 bridgehead atoms. The molecule has 2 aromatic rings. The Hall–Kier alpha value is -1.68. The van der Waals surface area contributed by atoms with E-state index in [0.29, 0.717) is 11.0 Å². The van der Waals surface area contributed by atoms with Crippen LogP contribution in [0.2, 0.25) is 0 Å². The molecule has 0 aliphatic heterocycles. The molecule has 0 amide bonds. The first-order valence-electron chi connectivity index (χ1n) is 7.45. The maximum Gasteiger partial charge on any atom is 0.226 e. The van der Waals surface area contributed by atoms with Crippen LogP contribution in [0.4, 0.5) is 4.39 Å². The Bertz CT molecular complexity index is 641. The molecule has 0 radical (unpaired) electrons. The first-order chi connectivity index (χ1) is 10.2. The monoisotopic (exact) mass is 290 g/mol. The second-order valence-electron chi connectivity index (χ2n) is 5.71. The van der Waals surface area contributed by atoms with Gasteiger partial charge in [0.1, 0.15) is 17.5 Å². The minimum Gasteiger partial charge on any atom is -0.453 e. The number of ketones is 1. The normalized spacial score (nSPS) is 18.0. The molecule has 1 saturated carbocycles. The second-order valence-corrected chi connectivity index (χ2v) is 5.71. The average molecular weight is 290 g/mol. The number of Topliss-reactive ketones (excluding diaryl/α,β-unsaturated/α-hetero) is 1. The number of hydrogen-bond acceptors (Lipinski definition) is 3. The summed E-state index contributed by atoms with van der Waals surface area (Å²) < 4.78 is 24.2. The molecule has 3 rings (SSSR count). The zero-order valence-corrected chi connectivity index (χ0v) is 12.1. The van der Waals surface area contributed by atoms with E-state index >= 15 is 0 Å². The lowest BCUT2D eigenvalue weighted by atomic mass is 9.83. The quantitative estimate of drug-likeness (QED) is 0.786. The number of fused-ring (bicyclic) bond motifs is 1. The van der Waals surface area contributed by atoms with Gasteiger partial charge in [0.15, 0.2) is 5.76 Å². The fraction of sp³-hybridized carbons (Fsp3) is 0.471. The van der Waals surface area contributed by atoms with Gasteiger partial charge in [-0.1, -0.05) is 19.3 Å². The standard InChI is InChI=1S/C17H19FO3/c1-20-17(11-5-3-2-4-6-11)16(19)15-10-12-9-13(18)7-8-14(12)21-15/h7-11,17H,2-6H2,1H3. The Labute approximate surface area is 123 Å². The lowest BCUT2D eigenvalue weighted by molar-refractivity contribution is 0.0293. The number of furan rings is 1. The molecule has 4 heteroatoms. The number of ether oxygens (including phenoxy) is 1. The molecule has 1 aliphatic rings. The molecule has 112 valence electrons. The topological polar surface area (TPSA) is 39.4 Å². The number of hydrogen-bond donors (Lipinski definition) is 0. The van der Waals surface area contributed by atoms with E-state index in [4.69, 9.17) is 9.15 Å². The zero-order valence-electron chi connectivity index (χ0n) is 12.1. The molecule has 1 aromatic carbocycles. The third-order valence-electron chi connectivity index (χ3n) is 4.31. The van der Waals surface area contributed by atoms with Crippen molar-refractivity contribution in [2.75, 3.05) is 7.11 Å². The summed E-state index contributed by atoms with van der Waals surface area (Å²) in [6.45, 7) is 0. The van der Waals surface area contributed by atoms with Crippen LogP contribution in [-0.2, 0) is 4.74 Å². The van der Waals surface area contributed by atoms with Gasteiger partial charge in [-0.3, -0.25) is 4.79 Å². The molecule has 3 nitrogen and oxygen atoms in total. The highest BCUT2D eigenvalue weighted by molar-refractivity contribution is 6.00. The number of carbonyl (C=O) groups excluding carboxylic acids is 1. The molecule has 0 spiro atoms. The summed E-state index contributed by atoms with van der Waals surface area (Å²) in [5, 5.41) is 0.608. The Morgan fingerprint density at radius 3 is 2.76 bits per heavy atom. The predicted octanol–water partition coefficient (Wildman–Crippen LogP) is 4.35. The molecule has 1 atom stereocenters. The van der Waals surface area contributed by atoms with Crippen molar-refractivity contribution in [3.05, 3.63) is 35.8 Å². The molecule has 1 fully saturated rings. The molecule has 1 aliphatic carbocycles. The summed E-state index contributed by atoms with van der Waals surface area (Å²) >= 11 is 0. The van der Waals surface area contributed by atoms with E-state index in [9.17, 15) is 9.18 Å². The van der Waals surface area contributed by atoms with Gasteiger partial charge >= 0.3 is 0 Å². The lowest BCUT2D eigenvalue weighted by Gasteiger charge is -2.27. The summed E-state index contributed by atoms with van der Waals surface area (Å²) in [5.74, 6) is 0.0353. The molecule has 0 N–H and O–H groups in total. The van der Waals surface area contributed by atoms with Crippen LogP contribution >= 0.6 is 0 Å². The molecular weight excluding hydrogens is 271 g/mol. The first kappa shape index (κ1) is 14.3.